The number of halogens is 2. The third-order valence-corrected chi connectivity index (χ3v) is 3.90. The average molecular weight is 321 g/mol. The summed E-state index contributed by atoms with van der Waals surface area (Å²) in [5.74, 6) is 0.988. The fraction of sp³-hybridized carbons (Fsp3) is 0.462. The predicted molar refractivity (Wildman–Crippen MR) is 84.8 cm³/mol. The quantitative estimate of drug-likeness (QED) is 0.740. The van der Waals surface area contributed by atoms with Gasteiger partial charge in [-0.2, -0.15) is 0 Å². The Morgan fingerprint density at radius 3 is 2.74 bits per heavy atom. The van der Waals surface area contributed by atoms with Crippen LogP contribution in [0.2, 0.25) is 5.02 Å². The first-order valence-electron chi connectivity index (χ1n) is 6.14. The van der Waals surface area contributed by atoms with Crippen LogP contribution in [0.15, 0.2) is 27.8 Å². The molecule has 0 saturated heterocycles. The minimum absolute atomic E-state index is 0. The number of aromatic nitrogens is 1. The van der Waals surface area contributed by atoms with E-state index in [-0.39, 0.29) is 12.4 Å². The molecule has 0 radical (unpaired) electrons. The molecule has 2 aromatic rings. The standard InChI is InChI=1S/C13H17ClN2OS.ClH/c1-3-16(4-2)7-8-18-13-15-11-9-10(14)5-6-12(11)17-13;/h5-6,9H,3-4,7-8H2,1-2H3;1H. The van der Waals surface area contributed by atoms with Gasteiger partial charge in [0.2, 0.25) is 0 Å². The van der Waals surface area contributed by atoms with E-state index in [1.54, 1.807) is 11.8 Å². The van der Waals surface area contributed by atoms with Gasteiger partial charge in [0.25, 0.3) is 5.22 Å². The molecule has 0 aliphatic heterocycles. The summed E-state index contributed by atoms with van der Waals surface area (Å²) in [5.41, 5.74) is 1.62. The minimum atomic E-state index is 0. The van der Waals surface area contributed by atoms with E-state index in [0.29, 0.717) is 5.02 Å². The number of hydrogen-bond donors (Lipinski definition) is 0. The number of oxazole rings is 1. The van der Waals surface area contributed by atoms with Crippen LogP contribution >= 0.6 is 35.8 Å². The van der Waals surface area contributed by atoms with Crippen LogP contribution in [0, 0.1) is 0 Å². The Hall–Kier alpha value is -0.420. The van der Waals surface area contributed by atoms with Gasteiger partial charge in [-0.15, -0.1) is 12.4 Å². The maximum Gasteiger partial charge on any atom is 0.256 e. The normalized spacial score (nSPS) is 10.9. The lowest BCUT2D eigenvalue weighted by atomic mass is 10.3. The van der Waals surface area contributed by atoms with Crippen LogP contribution in [0.1, 0.15) is 13.8 Å². The lowest BCUT2D eigenvalue weighted by Crippen LogP contribution is -2.25. The molecule has 0 unspecified atom stereocenters. The highest BCUT2D eigenvalue weighted by atomic mass is 35.5. The van der Waals surface area contributed by atoms with Crippen molar-refractivity contribution >= 4 is 46.9 Å². The van der Waals surface area contributed by atoms with Gasteiger partial charge < -0.3 is 9.32 Å². The van der Waals surface area contributed by atoms with Crippen LogP contribution < -0.4 is 0 Å². The summed E-state index contributed by atoms with van der Waals surface area (Å²) in [7, 11) is 0. The van der Waals surface area contributed by atoms with Gasteiger partial charge in [0.15, 0.2) is 5.58 Å². The SMILES string of the molecule is CCN(CC)CCSc1nc2cc(Cl)ccc2o1.Cl. The summed E-state index contributed by atoms with van der Waals surface area (Å²) in [5, 5.41) is 1.41. The average Bonchev–Trinajstić information content (AvgIpc) is 2.76. The summed E-state index contributed by atoms with van der Waals surface area (Å²) in [6.45, 7) is 7.57. The van der Waals surface area contributed by atoms with Gasteiger partial charge in [-0.25, -0.2) is 4.98 Å². The third-order valence-electron chi connectivity index (χ3n) is 2.86. The van der Waals surface area contributed by atoms with Gasteiger partial charge in [0.1, 0.15) is 5.52 Å². The second-order valence-corrected chi connectivity index (χ2v) is 5.45. The molecule has 0 saturated carbocycles. The fourth-order valence-electron chi connectivity index (χ4n) is 1.74. The molecule has 0 aliphatic carbocycles. The maximum absolute atomic E-state index is 5.92. The summed E-state index contributed by atoms with van der Waals surface area (Å²) in [6, 6.07) is 5.51. The molecule has 1 aromatic heterocycles. The third kappa shape index (κ3) is 4.56. The van der Waals surface area contributed by atoms with Crippen LogP contribution in [-0.2, 0) is 0 Å². The summed E-state index contributed by atoms with van der Waals surface area (Å²) < 4.78 is 5.65. The monoisotopic (exact) mass is 320 g/mol. The predicted octanol–water partition coefficient (Wildman–Crippen LogP) is 4.34. The van der Waals surface area contributed by atoms with Crippen molar-refractivity contribution in [3.05, 3.63) is 23.2 Å². The molecular weight excluding hydrogens is 303 g/mol. The summed E-state index contributed by atoms with van der Waals surface area (Å²) in [6.07, 6.45) is 0. The van der Waals surface area contributed by atoms with E-state index in [0.717, 1.165) is 41.7 Å². The molecule has 3 nitrogen and oxygen atoms in total. The van der Waals surface area contributed by atoms with E-state index < -0.39 is 0 Å². The second kappa shape index (κ2) is 8.00. The molecule has 0 fully saturated rings. The van der Waals surface area contributed by atoms with E-state index in [4.69, 9.17) is 16.0 Å². The highest BCUT2D eigenvalue weighted by Gasteiger charge is 2.07. The Kier molecular flexibility index (Phi) is 7.00. The highest BCUT2D eigenvalue weighted by molar-refractivity contribution is 7.99. The Labute approximate surface area is 129 Å². The molecule has 1 aromatic carbocycles. The number of nitrogens with zero attached hydrogens (tertiary/aromatic N) is 2. The molecule has 1 heterocycles. The van der Waals surface area contributed by atoms with Gasteiger partial charge in [-0.05, 0) is 31.3 Å². The molecule has 2 rings (SSSR count). The zero-order chi connectivity index (χ0) is 13.0. The van der Waals surface area contributed by atoms with E-state index in [1.807, 2.05) is 18.2 Å². The molecule has 19 heavy (non-hydrogen) atoms. The van der Waals surface area contributed by atoms with Crippen LogP contribution in [0.25, 0.3) is 11.1 Å². The zero-order valence-electron chi connectivity index (χ0n) is 11.1. The minimum Gasteiger partial charge on any atom is -0.431 e. The van der Waals surface area contributed by atoms with E-state index in [1.165, 1.54) is 0 Å². The van der Waals surface area contributed by atoms with Gasteiger partial charge in [0.05, 0.1) is 0 Å². The molecule has 0 N–H and O–H groups in total. The van der Waals surface area contributed by atoms with Crippen molar-refractivity contribution in [1.29, 1.82) is 0 Å². The van der Waals surface area contributed by atoms with Crippen molar-refractivity contribution in [3.8, 4) is 0 Å². The number of benzene rings is 1. The first kappa shape index (κ1) is 16.6. The fourth-order valence-corrected chi connectivity index (χ4v) is 2.75. The van der Waals surface area contributed by atoms with Gasteiger partial charge >= 0.3 is 0 Å². The molecule has 0 amide bonds. The van der Waals surface area contributed by atoms with Gasteiger partial charge in [-0.3, -0.25) is 0 Å². The molecule has 106 valence electrons. The lowest BCUT2D eigenvalue weighted by Gasteiger charge is -2.16. The van der Waals surface area contributed by atoms with E-state index in [9.17, 15) is 0 Å². The molecule has 6 heteroatoms. The van der Waals surface area contributed by atoms with Gasteiger partial charge in [0, 0.05) is 17.3 Å². The van der Waals surface area contributed by atoms with Crippen molar-refractivity contribution in [2.24, 2.45) is 0 Å². The van der Waals surface area contributed by atoms with Crippen LogP contribution in [0.4, 0.5) is 0 Å². The number of thioether (sulfide) groups is 1. The topological polar surface area (TPSA) is 29.3 Å². The largest absolute Gasteiger partial charge is 0.431 e. The summed E-state index contributed by atoms with van der Waals surface area (Å²) >= 11 is 7.56. The van der Waals surface area contributed by atoms with E-state index in [2.05, 4.69) is 23.7 Å². The first-order valence-corrected chi connectivity index (χ1v) is 7.50. The van der Waals surface area contributed by atoms with Crippen LogP contribution in [0.5, 0.6) is 0 Å². The molecule has 0 bridgehead atoms. The van der Waals surface area contributed by atoms with Crippen molar-refractivity contribution in [2.75, 3.05) is 25.4 Å². The lowest BCUT2D eigenvalue weighted by molar-refractivity contribution is 0.323. The zero-order valence-corrected chi connectivity index (χ0v) is 13.4. The van der Waals surface area contributed by atoms with Gasteiger partial charge in [-0.1, -0.05) is 37.2 Å². The number of rotatable bonds is 6. The Bertz CT molecular complexity index is 514. The molecule has 0 atom stereocenters. The maximum atomic E-state index is 5.92. The molecule has 0 aliphatic rings. The Morgan fingerprint density at radius 1 is 1.32 bits per heavy atom. The highest BCUT2D eigenvalue weighted by Crippen LogP contribution is 2.25. The Balaban J connectivity index is 0.00000180. The van der Waals surface area contributed by atoms with Crippen molar-refractivity contribution in [3.63, 3.8) is 0 Å². The van der Waals surface area contributed by atoms with Crippen molar-refractivity contribution in [1.82, 2.24) is 9.88 Å². The first-order chi connectivity index (χ1) is 8.72. The van der Waals surface area contributed by atoms with Crippen LogP contribution in [-0.4, -0.2) is 35.3 Å². The molecular formula is C13H18Cl2N2OS. The smallest absolute Gasteiger partial charge is 0.256 e. The summed E-state index contributed by atoms with van der Waals surface area (Å²) in [4.78, 5) is 6.80. The number of fused-ring (bicyclic) bond motifs is 1. The number of hydrogen-bond acceptors (Lipinski definition) is 4. The Morgan fingerprint density at radius 2 is 2.05 bits per heavy atom. The van der Waals surface area contributed by atoms with E-state index >= 15 is 0 Å². The second-order valence-electron chi connectivity index (χ2n) is 3.97. The van der Waals surface area contributed by atoms with Crippen molar-refractivity contribution in [2.45, 2.75) is 19.1 Å². The van der Waals surface area contributed by atoms with Crippen LogP contribution in [0.3, 0.4) is 0 Å². The molecule has 0 spiro atoms. The van der Waals surface area contributed by atoms with Crippen molar-refractivity contribution < 1.29 is 4.42 Å².